The molecule has 0 saturated carbocycles. The molecular weight excluding hydrogens is 402 g/mol. The number of aliphatic carboxylic acids is 1. The second kappa shape index (κ2) is 11.9. The van der Waals surface area contributed by atoms with Gasteiger partial charge in [-0.25, -0.2) is 9.59 Å². The molecule has 0 heterocycles. The number of nitrogens with one attached hydrogen (secondary N) is 1. The number of carboxylic acid groups (broad SMARTS) is 1. The van der Waals surface area contributed by atoms with Gasteiger partial charge in [-0.1, -0.05) is 56.3 Å². The zero-order valence-corrected chi connectivity index (χ0v) is 18.2. The molecule has 0 bridgehead atoms. The molecule has 2 rings (SSSR count). The van der Waals surface area contributed by atoms with Crippen molar-refractivity contribution in [3.05, 3.63) is 76.3 Å². The molecule has 2 aromatic carbocycles. The maximum Gasteiger partial charge on any atom is 0.412 e. The van der Waals surface area contributed by atoms with E-state index in [2.05, 4.69) is 5.32 Å². The lowest BCUT2D eigenvalue weighted by molar-refractivity contribution is -0.133. The third-order valence-corrected chi connectivity index (χ3v) is 5.30. The third-order valence-electron chi connectivity index (χ3n) is 4.10. The van der Waals surface area contributed by atoms with Crippen LogP contribution in [0.15, 0.2) is 65.2 Å². The number of ether oxygens (including phenoxy) is 2. The second-order valence-corrected chi connectivity index (χ2v) is 8.09. The van der Waals surface area contributed by atoms with Crippen LogP contribution >= 0.6 is 11.8 Å². The average Bonchev–Trinajstić information content (AvgIpc) is 2.74. The van der Waals surface area contributed by atoms with Crippen molar-refractivity contribution in [2.45, 2.75) is 32.6 Å². The first-order valence-corrected chi connectivity index (χ1v) is 10.6. The fraction of sp³-hybridized carbons (Fsp3) is 0.304. The molecule has 30 heavy (non-hydrogen) atoms. The van der Waals surface area contributed by atoms with E-state index in [1.165, 1.54) is 11.8 Å². The molecule has 1 amide bonds. The molecule has 0 spiro atoms. The smallest absolute Gasteiger partial charge is 0.412 e. The predicted octanol–water partition coefficient (Wildman–Crippen LogP) is 5.20. The van der Waals surface area contributed by atoms with Gasteiger partial charge in [-0.2, -0.15) is 0 Å². The monoisotopic (exact) mass is 429 g/mol. The Morgan fingerprint density at radius 3 is 2.27 bits per heavy atom. The van der Waals surface area contributed by atoms with Crippen LogP contribution in [0.2, 0.25) is 0 Å². The molecule has 0 aliphatic carbocycles. The van der Waals surface area contributed by atoms with Gasteiger partial charge in [0.05, 0.1) is 7.11 Å². The van der Waals surface area contributed by atoms with E-state index >= 15 is 0 Å². The van der Waals surface area contributed by atoms with Crippen molar-refractivity contribution in [2.24, 2.45) is 5.92 Å². The number of rotatable bonds is 10. The van der Waals surface area contributed by atoms with Gasteiger partial charge in [-0.15, -0.1) is 11.8 Å². The first-order chi connectivity index (χ1) is 14.4. The number of alkyl carbamates (subject to hydrolysis) is 1. The summed E-state index contributed by atoms with van der Waals surface area (Å²) < 4.78 is 10.3. The Balaban J connectivity index is 2.10. The number of thioether (sulfide) groups is 1. The van der Waals surface area contributed by atoms with Crippen LogP contribution < -0.4 is 10.1 Å². The Bertz CT molecular complexity index is 863. The molecule has 0 aliphatic rings. The molecule has 0 unspecified atom stereocenters. The highest BCUT2D eigenvalue weighted by atomic mass is 32.2. The van der Waals surface area contributed by atoms with Crippen molar-refractivity contribution in [2.75, 3.05) is 7.11 Å². The molecule has 2 aromatic rings. The van der Waals surface area contributed by atoms with Crippen molar-refractivity contribution in [3.8, 4) is 5.75 Å². The van der Waals surface area contributed by atoms with E-state index in [0.29, 0.717) is 17.1 Å². The number of carboxylic acids is 1. The summed E-state index contributed by atoms with van der Waals surface area (Å²) in [4.78, 5) is 24.7. The number of amides is 1. The largest absolute Gasteiger partial charge is 0.497 e. The Morgan fingerprint density at radius 1 is 1.03 bits per heavy atom. The third kappa shape index (κ3) is 7.83. The lowest BCUT2D eigenvalue weighted by atomic mass is 10.1. The topological polar surface area (TPSA) is 84.9 Å². The highest BCUT2D eigenvalue weighted by Crippen LogP contribution is 2.30. The summed E-state index contributed by atoms with van der Waals surface area (Å²) in [6.45, 7) is 4.07. The first kappa shape index (κ1) is 23.3. The van der Waals surface area contributed by atoms with Crippen molar-refractivity contribution in [1.82, 2.24) is 5.32 Å². The van der Waals surface area contributed by atoms with Crippen LogP contribution in [0, 0.1) is 5.92 Å². The van der Waals surface area contributed by atoms with Crippen LogP contribution in [0.1, 0.15) is 31.4 Å². The summed E-state index contributed by atoms with van der Waals surface area (Å²) in [5.41, 5.74) is 1.71. The van der Waals surface area contributed by atoms with Crippen LogP contribution in [0.25, 0.3) is 0 Å². The van der Waals surface area contributed by atoms with Gasteiger partial charge in [-0.05, 0) is 35.6 Å². The lowest BCUT2D eigenvalue weighted by Crippen LogP contribution is -2.29. The Morgan fingerprint density at radius 2 is 1.70 bits per heavy atom. The minimum absolute atomic E-state index is 0.0675. The summed E-state index contributed by atoms with van der Waals surface area (Å²) >= 11 is 1.40. The van der Waals surface area contributed by atoms with E-state index in [-0.39, 0.29) is 18.2 Å². The maximum absolute atomic E-state index is 12.2. The van der Waals surface area contributed by atoms with Crippen LogP contribution in [0.4, 0.5) is 4.79 Å². The molecule has 7 heteroatoms. The molecule has 0 radical (unpaired) electrons. The van der Waals surface area contributed by atoms with E-state index in [1.807, 2.05) is 68.4 Å². The predicted molar refractivity (Wildman–Crippen MR) is 118 cm³/mol. The first-order valence-electron chi connectivity index (χ1n) is 9.59. The van der Waals surface area contributed by atoms with Crippen molar-refractivity contribution < 1.29 is 24.2 Å². The zero-order valence-electron chi connectivity index (χ0n) is 17.4. The summed E-state index contributed by atoms with van der Waals surface area (Å²) in [5.74, 6) is 0.365. The fourth-order valence-corrected chi connectivity index (χ4v) is 3.87. The van der Waals surface area contributed by atoms with Gasteiger partial charge >= 0.3 is 12.1 Å². The molecule has 160 valence electrons. The van der Waals surface area contributed by atoms with E-state index in [4.69, 9.17) is 9.47 Å². The zero-order chi connectivity index (χ0) is 21.9. The number of benzene rings is 2. The van der Waals surface area contributed by atoms with Crippen molar-refractivity contribution >= 4 is 23.8 Å². The van der Waals surface area contributed by atoms with Crippen LogP contribution in [-0.2, 0) is 21.9 Å². The second-order valence-electron chi connectivity index (χ2n) is 7.02. The molecule has 2 N–H and O–H groups in total. The van der Waals surface area contributed by atoms with Gasteiger partial charge in [0.2, 0.25) is 0 Å². The van der Waals surface area contributed by atoms with E-state index in [1.54, 1.807) is 7.11 Å². The van der Waals surface area contributed by atoms with E-state index in [0.717, 1.165) is 16.9 Å². The molecule has 0 aromatic heterocycles. The van der Waals surface area contributed by atoms with Crippen molar-refractivity contribution in [1.29, 1.82) is 0 Å². The summed E-state index contributed by atoms with van der Waals surface area (Å²) in [6.07, 6.45) is -0.260. The minimum atomic E-state index is -1.19. The maximum atomic E-state index is 12.2. The van der Waals surface area contributed by atoms with Crippen LogP contribution in [-0.4, -0.2) is 24.3 Å². The minimum Gasteiger partial charge on any atom is -0.497 e. The number of hydrogen-bond acceptors (Lipinski definition) is 5. The summed E-state index contributed by atoms with van der Waals surface area (Å²) in [6, 6.07) is 16.8. The van der Waals surface area contributed by atoms with Gasteiger partial charge in [0, 0.05) is 10.7 Å². The quantitative estimate of drug-likeness (QED) is 0.505. The van der Waals surface area contributed by atoms with Gasteiger partial charge in [-0.3, -0.25) is 5.32 Å². The van der Waals surface area contributed by atoms with Crippen LogP contribution in [0.5, 0.6) is 5.75 Å². The number of hydrogen-bond donors (Lipinski definition) is 2. The SMILES string of the molecule is COc1ccc(CSC(CC(C)C)=C(NC(=O)OCc2ccccc2)C(=O)O)cc1. The number of allylic oxidation sites excluding steroid dienone is 1. The number of carbonyl (C=O) groups is 2. The van der Waals surface area contributed by atoms with Gasteiger partial charge in [0.15, 0.2) is 0 Å². The normalized spacial score (nSPS) is 11.6. The standard InChI is InChI=1S/C23H27NO5S/c1-16(2)13-20(30-15-18-9-11-19(28-3)12-10-18)21(22(25)26)24-23(27)29-14-17-7-5-4-6-8-17/h4-12,16H,13-15H2,1-3H3,(H,24,27)(H,25,26). The van der Waals surface area contributed by atoms with E-state index in [9.17, 15) is 14.7 Å². The number of methoxy groups -OCH3 is 1. The van der Waals surface area contributed by atoms with Crippen LogP contribution in [0.3, 0.4) is 0 Å². The molecule has 0 fully saturated rings. The Hall–Kier alpha value is -2.93. The molecule has 0 atom stereocenters. The van der Waals surface area contributed by atoms with E-state index < -0.39 is 12.1 Å². The van der Waals surface area contributed by atoms with Crippen molar-refractivity contribution in [3.63, 3.8) is 0 Å². The van der Waals surface area contributed by atoms with Gasteiger partial charge in [0.1, 0.15) is 18.1 Å². The fourth-order valence-electron chi connectivity index (χ4n) is 2.60. The van der Waals surface area contributed by atoms with Gasteiger partial charge < -0.3 is 14.6 Å². The summed E-state index contributed by atoms with van der Waals surface area (Å²) in [5, 5.41) is 12.1. The molecular formula is C23H27NO5S. The Kier molecular flexibility index (Phi) is 9.28. The summed E-state index contributed by atoms with van der Waals surface area (Å²) in [7, 11) is 1.61. The molecule has 6 nitrogen and oxygen atoms in total. The number of carbonyl (C=O) groups excluding carboxylic acids is 1. The van der Waals surface area contributed by atoms with Gasteiger partial charge in [0.25, 0.3) is 0 Å². The molecule has 0 saturated heterocycles. The average molecular weight is 430 g/mol. The highest BCUT2D eigenvalue weighted by Gasteiger charge is 2.20. The highest BCUT2D eigenvalue weighted by molar-refractivity contribution is 8.02. The molecule has 0 aliphatic heterocycles. The Labute approximate surface area is 181 Å². The lowest BCUT2D eigenvalue weighted by Gasteiger charge is -2.15.